The molecule has 1 aliphatic carbocycles. The van der Waals surface area contributed by atoms with Gasteiger partial charge in [-0.1, -0.05) is 6.07 Å². The predicted octanol–water partition coefficient (Wildman–Crippen LogP) is 4.31. The molecule has 3 heterocycles. The fourth-order valence-corrected chi connectivity index (χ4v) is 4.24. The molecule has 166 valence electrons. The first-order valence-electron chi connectivity index (χ1n) is 10.4. The van der Waals surface area contributed by atoms with Gasteiger partial charge >= 0.3 is 6.61 Å². The third kappa shape index (κ3) is 4.05. The van der Waals surface area contributed by atoms with Crippen molar-refractivity contribution in [2.45, 2.75) is 44.4 Å². The van der Waals surface area contributed by atoms with E-state index in [0.29, 0.717) is 24.7 Å². The van der Waals surface area contributed by atoms with Crippen LogP contribution in [0.2, 0.25) is 0 Å². The van der Waals surface area contributed by atoms with Gasteiger partial charge in [-0.25, -0.2) is 19.5 Å². The average molecular weight is 440 g/mol. The van der Waals surface area contributed by atoms with Crippen LogP contribution in [0.3, 0.4) is 0 Å². The fourth-order valence-electron chi connectivity index (χ4n) is 4.24. The number of halogens is 2. The molecule has 0 spiro atoms. The third-order valence-corrected chi connectivity index (χ3v) is 5.82. The molecule has 0 radical (unpaired) electrons. The smallest absolute Gasteiger partial charge is 0.345 e. The molecular weight excluding hydrogens is 418 g/mol. The molecule has 5 rings (SSSR count). The first kappa shape index (κ1) is 20.5. The maximum atomic E-state index is 12.4. The number of hydrogen-bond donors (Lipinski definition) is 1. The Morgan fingerprint density at radius 2 is 1.94 bits per heavy atom. The van der Waals surface area contributed by atoms with Crippen LogP contribution in [0, 0.1) is 0 Å². The van der Waals surface area contributed by atoms with Gasteiger partial charge in [-0.3, -0.25) is 0 Å². The van der Waals surface area contributed by atoms with E-state index in [9.17, 15) is 8.78 Å². The van der Waals surface area contributed by atoms with Gasteiger partial charge in [0.25, 0.3) is 0 Å². The van der Waals surface area contributed by atoms with Crippen LogP contribution in [0.15, 0.2) is 43.0 Å². The fraction of sp³-hybridized carbons (Fsp3) is 0.364. The molecule has 0 bridgehead atoms. The summed E-state index contributed by atoms with van der Waals surface area (Å²) in [5, 5.41) is 8.72. The van der Waals surface area contributed by atoms with Gasteiger partial charge in [0.15, 0.2) is 0 Å². The molecule has 0 saturated heterocycles. The second-order valence-electron chi connectivity index (χ2n) is 7.77. The quantitative estimate of drug-likeness (QED) is 0.478. The molecule has 4 aromatic rings. The van der Waals surface area contributed by atoms with Gasteiger partial charge in [0, 0.05) is 17.8 Å². The Labute approximate surface area is 182 Å². The van der Waals surface area contributed by atoms with Crippen LogP contribution >= 0.6 is 0 Å². The van der Waals surface area contributed by atoms with E-state index in [4.69, 9.17) is 4.74 Å². The largest absolute Gasteiger partial charge is 0.480 e. The van der Waals surface area contributed by atoms with Crippen LogP contribution in [0.25, 0.3) is 27.5 Å². The number of rotatable bonds is 6. The minimum atomic E-state index is -2.71. The Balaban J connectivity index is 1.35. The van der Waals surface area contributed by atoms with Gasteiger partial charge < -0.3 is 14.8 Å². The summed E-state index contributed by atoms with van der Waals surface area (Å²) in [6.45, 7) is -2.71. The molecule has 0 unspecified atom stereocenters. The number of nitrogens with one attached hydrogen (secondary N) is 1. The minimum absolute atomic E-state index is 0.132. The lowest BCUT2D eigenvalue weighted by molar-refractivity contribution is -0.169. The van der Waals surface area contributed by atoms with Crippen molar-refractivity contribution >= 4 is 22.4 Å². The highest BCUT2D eigenvalue weighted by atomic mass is 19.3. The summed E-state index contributed by atoms with van der Waals surface area (Å²) >= 11 is 0. The Bertz CT molecular complexity index is 1240. The van der Waals surface area contributed by atoms with Crippen molar-refractivity contribution in [1.82, 2.24) is 24.6 Å². The van der Waals surface area contributed by atoms with Gasteiger partial charge in [0.2, 0.25) is 11.8 Å². The van der Waals surface area contributed by atoms with Crippen LogP contribution in [0.1, 0.15) is 25.7 Å². The molecule has 0 atom stereocenters. The number of fused-ring (bicyclic) bond motifs is 2. The topological polar surface area (TPSA) is 86.5 Å². The monoisotopic (exact) mass is 440 g/mol. The number of anilines is 1. The molecule has 1 aliphatic rings. The van der Waals surface area contributed by atoms with Gasteiger partial charge in [0.05, 0.1) is 35.8 Å². The lowest BCUT2D eigenvalue weighted by Crippen LogP contribution is -2.31. The summed E-state index contributed by atoms with van der Waals surface area (Å²) in [6.07, 6.45) is 7.41. The summed E-state index contributed by atoms with van der Waals surface area (Å²) in [7, 11) is 1.59. The van der Waals surface area contributed by atoms with Crippen LogP contribution in [0.4, 0.5) is 14.7 Å². The third-order valence-electron chi connectivity index (χ3n) is 5.82. The molecule has 1 aromatic carbocycles. The Morgan fingerprint density at radius 1 is 1.09 bits per heavy atom. The summed E-state index contributed by atoms with van der Waals surface area (Å²) in [4.78, 5) is 12.9. The molecule has 1 fully saturated rings. The van der Waals surface area contributed by atoms with Gasteiger partial charge in [-0.15, -0.1) is 5.10 Å². The van der Waals surface area contributed by atoms with E-state index in [2.05, 4.69) is 30.1 Å². The number of aromatic nitrogens is 5. The van der Waals surface area contributed by atoms with Crippen molar-refractivity contribution in [3.05, 3.63) is 43.0 Å². The van der Waals surface area contributed by atoms with Crippen molar-refractivity contribution in [1.29, 1.82) is 0 Å². The Morgan fingerprint density at radius 3 is 2.72 bits per heavy atom. The molecular formula is C22H22F2N6O2. The maximum absolute atomic E-state index is 12.4. The molecule has 0 amide bonds. The summed E-state index contributed by atoms with van der Waals surface area (Å²) in [6, 6.07) is 8.04. The van der Waals surface area contributed by atoms with E-state index in [0.717, 1.165) is 40.4 Å². The van der Waals surface area contributed by atoms with Crippen molar-refractivity contribution in [3.8, 4) is 17.0 Å². The standard InChI is InChI=1S/C22H22F2N6O2/c1-31-20-17-10-13(2-7-18(17)26-12-27-20)16-8-9-30-19(16)11-25-22(29-30)28-14-3-5-15(6-4-14)32-21(23)24/h2,7-12,14-15,21H,3-6H2,1H3,(H,28,29). The number of benzene rings is 1. The molecule has 8 nitrogen and oxygen atoms in total. The lowest BCUT2D eigenvalue weighted by atomic mass is 9.93. The van der Waals surface area contributed by atoms with E-state index in [1.165, 1.54) is 6.33 Å². The highest BCUT2D eigenvalue weighted by molar-refractivity contribution is 5.91. The molecule has 32 heavy (non-hydrogen) atoms. The summed E-state index contributed by atoms with van der Waals surface area (Å²) in [5.41, 5.74) is 3.63. The van der Waals surface area contributed by atoms with Gasteiger partial charge in [-0.2, -0.15) is 8.78 Å². The first-order chi connectivity index (χ1) is 15.6. The zero-order chi connectivity index (χ0) is 22.1. The van der Waals surface area contributed by atoms with E-state index < -0.39 is 6.61 Å². The predicted molar refractivity (Wildman–Crippen MR) is 115 cm³/mol. The van der Waals surface area contributed by atoms with Crippen molar-refractivity contribution < 1.29 is 18.3 Å². The van der Waals surface area contributed by atoms with Crippen LogP contribution in [-0.4, -0.2) is 50.4 Å². The molecule has 10 heteroatoms. The highest BCUT2D eigenvalue weighted by Crippen LogP contribution is 2.31. The minimum Gasteiger partial charge on any atom is -0.480 e. The second kappa shape index (κ2) is 8.62. The highest BCUT2D eigenvalue weighted by Gasteiger charge is 2.24. The number of methoxy groups -OCH3 is 1. The number of hydrogen-bond acceptors (Lipinski definition) is 7. The zero-order valence-electron chi connectivity index (χ0n) is 17.4. The average Bonchev–Trinajstić information content (AvgIpc) is 3.22. The van der Waals surface area contributed by atoms with E-state index >= 15 is 0 Å². The van der Waals surface area contributed by atoms with Crippen LogP contribution < -0.4 is 10.1 Å². The normalized spacial score (nSPS) is 19.0. The van der Waals surface area contributed by atoms with Crippen LogP contribution in [0.5, 0.6) is 5.88 Å². The van der Waals surface area contributed by atoms with Crippen molar-refractivity contribution in [2.75, 3.05) is 12.4 Å². The summed E-state index contributed by atoms with van der Waals surface area (Å²) in [5.74, 6) is 1.03. The first-order valence-corrected chi connectivity index (χ1v) is 10.4. The Kier molecular flexibility index (Phi) is 5.52. The molecule has 3 aromatic heterocycles. The Hall–Kier alpha value is -3.40. The molecule has 1 saturated carbocycles. The molecule has 0 aliphatic heterocycles. The van der Waals surface area contributed by atoms with Crippen molar-refractivity contribution in [3.63, 3.8) is 0 Å². The maximum Gasteiger partial charge on any atom is 0.345 e. The van der Waals surface area contributed by atoms with E-state index in [1.807, 2.05) is 30.5 Å². The van der Waals surface area contributed by atoms with E-state index in [1.54, 1.807) is 17.8 Å². The van der Waals surface area contributed by atoms with Gasteiger partial charge in [0.1, 0.15) is 6.33 Å². The second-order valence-corrected chi connectivity index (χ2v) is 7.77. The SMILES string of the molecule is COc1ncnc2ccc(-c3ccn4nc(NC5CCC(OC(F)F)CC5)ncc34)cc12. The van der Waals surface area contributed by atoms with Gasteiger partial charge in [-0.05, 0) is 49.4 Å². The van der Waals surface area contributed by atoms with Crippen molar-refractivity contribution in [2.24, 2.45) is 0 Å². The lowest BCUT2D eigenvalue weighted by Gasteiger charge is -2.28. The summed E-state index contributed by atoms with van der Waals surface area (Å²) < 4.78 is 36.5. The number of nitrogens with zero attached hydrogens (tertiary/aromatic N) is 5. The molecule has 1 N–H and O–H groups in total. The van der Waals surface area contributed by atoms with E-state index in [-0.39, 0.29) is 12.1 Å². The zero-order valence-corrected chi connectivity index (χ0v) is 17.4. The van der Waals surface area contributed by atoms with Crippen LogP contribution in [-0.2, 0) is 4.74 Å². The number of ether oxygens (including phenoxy) is 2. The number of alkyl halides is 2.